The quantitative estimate of drug-likeness (QED) is 0.748. The van der Waals surface area contributed by atoms with Crippen LogP contribution in [0.15, 0.2) is 30.3 Å². The van der Waals surface area contributed by atoms with Crippen molar-refractivity contribution in [3.63, 3.8) is 0 Å². The second kappa shape index (κ2) is 6.82. The molecule has 3 unspecified atom stereocenters. The zero-order chi connectivity index (χ0) is 17.3. The number of ether oxygens (including phenoxy) is 4. The normalized spacial score (nSPS) is 32.3. The number of benzene rings is 1. The van der Waals surface area contributed by atoms with Gasteiger partial charge in [0.1, 0.15) is 12.2 Å². The minimum atomic E-state index is -0.641. The van der Waals surface area contributed by atoms with Crippen molar-refractivity contribution in [3.05, 3.63) is 35.9 Å². The van der Waals surface area contributed by atoms with Gasteiger partial charge in [-0.25, -0.2) is 4.79 Å². The van der Waals surface area contributed by atoms with E-state index in [2.05, 4.69) is 6.92 Å². The molecule has 0 bridgehead atoms. The zero-order valence-electron chi connectivity index (χ0n) is 14.7. The Morgan fingerprint density at radius 2 is 2.00 bits per heavy atom. The molecule has 1 heterocycles. The van der Waals surface area contributed by atoms with Crippen LogP contribution in [0.4, 0.5) is 0 Å². The second-order valence-electron chi connectivity index (χ2n) is 6.96. The van der Waals surface area contributed by atoms with Crippen molar-refractivity contribution >= 4 is 5.97 Å². The van der Waals surface area contributed by atoms with Crippen LogP contribution in [0.3, 0.4) is 0 Å². The molecule has 1 saturated carbocycles. The Bertz CT molecular complexity index is 566. The third kappa shape index (κ3) is 3.63. The molecule has 0 aromatic heterocycles. The van der Waals surface area contributed by atoms with Crippen LogP contribution in [0.5, 0.6) is 0 Å². The predicted molar refractivity (Wildman–Crippen MR) is 88.7 cm³/mol. The molecule has 1 aliphatic heterocycles. The van der Waals surface area contributed by atoms with Crippen LogP contribution in [0, 0.1) is 5.92 Å². The van der Waals surface area contributed by atoms with Gasteiger partial charge in [0.15, 0.2) is 5.79 Å². The number of hydrogen-bond acceptors (Lipinski definition) is 5. The average Bonchev–Trinajstić information content (AvgIpc) is 3.25. The summed E-state index contributed by atoms with van der Waals surface area (Å²) < 4.78 is 23.3. The highest BCUT2D eigenvalue weighted by molar-refractivity contribution is 5.89. The van der Waals surface area contributed by atoms with Gasteiger partial charge in [-0.2, -0.15) is 0 Å². The van der Waals surface area contributed by atoms with E-state index >= 15 is 0 Å². The third-order valence-corrected chi connectivity index (χ3v) is 4.70. The Morgan fingerprint density at radius 1 is 1.29 bits per heavy atom. The van der Waals surface area contributed by atoms with Crippen molar-refractivity contribution in [2.45, 2.75) is 63.8 Å². The number of carbonyl (C=O) groups excluding carboxylic acids is 1. The van der Waals surface area contributed by atoms with Crippen LogP contribution in [0.2, 0.25) is 0 Å². The van der Waals surface area contributed by atoms with E-state index in [0.717, 1.165) is 12.8 Å². The van der Waals surface area contributed by atoms with Crippen LogP contribution in [0.1, 0.15) is 44.0 Å². The monoisotopic (exact) mass is 334 g/mol. The molecule has 3 rings (SSSR count). The van der Waals surface area contributed by atoms with Crippen LogP contribution >= 0.6 is 0 Å². The van der Waals surface area contributed by atoms with Crippen molar-refractivity contribution < 1.29 is 23.7 Å². The molecule has 1 aromatic carbocycles. The lowest BCUT2D eigenvalue weighted by atomic mass is 10.0. The van der Waals surface area contributed by atoms with E-state index in [1.54, 1.807) is 19.2 Å². The SMILES string of the molecule is CC[C@@H](OC)C1OC(C)(C)OC1C1C[C@H]1OC(=O)c1ccccc1. The molecule has 1 aromatic rings. The maximum Gasteiger partial charge on any atom is 0.338 e. The fourth-order valence-corrected chi connectivity index (χ4v) is 3.42. The number of carbonyl (C=O) groups is 1. The lowest BCUT2D eigenvalue weighted by Crippen LogP contribution is -2.38. The first-order valence-electron chi connectivity index (χ1n) is 8.59. The van der Waals surface area contributed by atoms with Crippen LogP contribution < -0.4 is 0 Å². The molecule has 1 saturated heterocycles. The minimum Gasteiger partial charge on any atom is -0.458 e. The molecule has 2 aliphatic rings. The van der Waals surface area contributed by atoms with Crippen molar-refractivity contribution in [1.29, 1.82) is 0 Å². The van der Waals surface area contributed by atoms with Crippen molar-refractivity contribution in [3.8, 4) is 0 Å². The third-order valence-electron chi connectivity index (χ3n) is 4.70. The van der Waals surface area contributed by atoms with Gasteiger partial charge in [0.2, 0.25) is 0 Å². The standard InChI is InChI=1S/C19H26O5/c1-5-14(21-4)17-16(23-19(2,3)24-17)13-11-15(13)22-18(20)12-9-7-6-8-10-12/h6-10,13-17H,5,11H2,1-4H3/t13?,14-,15-,16?,17?/m1/s1. The maximum absolute atomic E-state index is 12.2. The first-order chi connectivity index (χ1) is 11.4. The van der Waals surface area contributed by atoms with Gasteiger partial charge in [-0.1, -0.05) is 25.1 Å². The van der Waals surface area contributed by atoms with Crippen molar-refractivity contribution in [2.24, 2.45) is 5.92 Å². The van der Waals surface area contributed by atoms with Gasteiger partial charge in [-0.05, 0) is 38.8 Å². The largest absolute Gasteiger partial charge is 0.458 e. The van der Waals surface area contributed by atoms with Crippen molar-refractivity contribution in [1.82, 2.24) is 0 Å². The van der Waals surface area contributed by atoms with Gasteiger partial charge in [-0.3, -0.25) is 0 Å². The highest BCUT2D eigenvalue weighted by Gasteiger charge is 2.57. The highest BCUT2D eigenvalue weighted by atomic mass is 16.8. The summed E-state index contributed by atoms with van der Waals surface area (Å²) in [5.41, 5.74) is 0.576. The van der Waals surface area contributed by atoms with E-state index < -0.39 is 5.79 Å². The van der Waals surface area contributed by atoms with Crippen molar-refractivity contribution in [2.75, 3.05) is 7.11 Å². The first kappa shape index (κ1) is 17.4. The van der Waals surface area contributed by atoms with E-state index in [1.807, 2.05) is 32.0 Å². The Morgan fingerprint density at radius 3 is 2.62 bits per heavy atom. The smallest absolute Gasteiger partial charge is 0.338 e. The molecule has 5 atom stereocenters. The van der Waals surface area contributed by atoms with E-state index in [9.17, 15) is 4.79 Å². The van der Waals surface area contributed by atoms with Gasteiger partial charge >= 0.3 is 5.97 Å². The Labute approximate surface area is 143 Å². The second-order valence-corrected chi connectivity index (χ2v) is 6.96. The number of methoxy groups -OCH3 is 1. The lowest BCUT2D eigenvalue weighted by Gasteiger charge is -2.24. The Kier molecular flexibility index (Phi) is 4.95. The molecule has 1 aliphatic carbocycles. The molecule has 5 nitrogen and oxygen atoms in total. The maximum atomic E-state index is 12.2. The van der Waals surface area contributed by atoms with E-state index in [-0.39, 0.29) is 36.3 Å². The number of hydrogen-bond donors (Lipinski definition) is 0. The highest BCUT2D eigenvalue weighted by Crippen LogP contribution is 2.46. The summed E-state index contributed by atoms with van der Waals surface area (Å²) in [6.07, 6.45) is 1.26. The summed E-state index contributed by atoms with van der Waals surface area (Å²) in [5.74, 6) is -0.761. The summed E-state index contributed by atoms with van der Waals surface area (Å²) >= 11 is 0. The lowest BCUT2D eigenvalue weighted by molar-refractivity contribution is -0.158. The van der Waals surface area contributed by atoms with Gasteiger partial charge in [0, 0.05) is 13.0 Å². The molecule has 0 radical (unpaired) electrons. The molecular weight excluding hydrogens is 308 g/mol. The van der Waals surface area contributed by atoms with Gasteiger partial charge in [-0.15, -0.1) is 0 Å². The minimum absolute atomic E-state index is 0.0251. The van der Waals surface area contributed by atoms with E-state index in [1.165, 1.54) is 0 Å². The molecule has 0 amide bonds. The molecule has 5 heteroatoms. The molecule has 24 heavy (non-hydrogen) atoms. The fraction of sp³-hybridized carbons (Fsp3) is 0.632. The van der Waals surface area contributed by atoms with E-state index in [4.69, 9.17) is 18.9 Å². The summed E-state index contributed by atoms with van der Waals surface area (Å²) in [5, 5.41) is 0. The summed E-state index contributed by atoms with van der Waals surface area (Å²) in [6.45, 7) is 5.89. The first-order valence-corrected chi connectivity index (χ1v) is 8.59. The topological polar surface area (TPSA) is 54.0 Å². The van der Waals surface area contributed by atoms with Crippen LogP contribution in [0.25, 0.3) is 0 Å². The Hall–Kier alpha value is -1.43. The van der Waals surface area contributed by atoms with Crippen LogP contribution in [-0.2, 0) is 18.9 Å². The van der Waals surface area contributed by atoms with E-state index in [0.29, 0.717) is 5.56 Å². The zero-order valence-corrected chi connectivity index (χ0v) is 14.7. The molecular formula is C19H26O5. The van der Waals surface area contributed by atoms with Gasteiger partial charge < -0.3 is 18.9 Å². The Balaban J connectivity index is 1.63. The molecule has 2 fully saturated rings. The van der Waals surface area contributed by atoms with Gasteiger partial charge in [0.25, 0.3) is 0 Å². The number of esters is 1. The summed E-state index contributed by atoms with van der Waals surface area (Å²) in [6, 6.07) is 9.07. The van der Waals surface area contributed by atoms with Crippen LogP contribution in [-0.4, -0.2) is 43.3 Å². The predicted octanol–water partition coefficient (Wildman–Crippen LogP) is 3.18. The molecule has 0 spiro atoms. The molecule has 132 valence electrons. The number of rotatable bonds is 6. The fourth-order valence-electron chi connectivity index (χ4n) is 3.42. The molecule has 0 N–H and O–H groups in total. The average molecular weight is 334 g/mol. The van der Waals surface area contributed by atoms with Gasteiger partial charge in [0.05, 0.1) is 17.8 Å². The summed E-state index contributed by atoms with van der Waals surface area (Å²) in [4.78, 5) is 12.2. The summed E-state index contributed by atoms with van der Waals surface area (Å²) in [7, 11) is 1.69.